The van der Waals surface area contributed by atoms with Crippen molar-refractivity contribution < 1.29 is 22.7 Å². The van der Waals surface area contributed by atoms with E-state index in [9.17, 15) is 18.0 Å². The summed E-state index contributed by atoms with van der Waals surface area (Å²) in [5.41, 5.74) is 2.55. The van der Waals surface area contributed by atoms with E-state index in [1.54, 1.807) is 23.1 Å². The van der Waals surface area contributed by atoms with Crippen molar-refractivity contribution in [2.75, 3.05) is 31.1 Å². The second-order valence-corrected chi connectivity index (χ2v) is 10.1. The lowest BCUT2D eigenvalue weighted by Crippen LogP contribution is -2.36. The Hall–Kier alpha value is -2.91. The molecule has 2 aromatic carbocycles. The van der Waals surface area contributed by atoms with Gasteiger partial charge in [0.15, 0.2) is 0 Å². The van der Waals surface area contributed by atoms with Crippen molar-refractivity contribution >= 4 is 27.7 Å². The lowest BCUT2D eigenvalue weighted by atomic mass is 10.0. The molecule has 0 aliphatic carbocycles. The highest BCUT2D eigenvalue weighted by Gasteiger charge is 2.26. The van der Waals surface area contributed by atoms with E-state index in [0.717, 1.165) is 29.7 Å². The maximum absolute atomic E-state index is 12.9. The van der Waals surface area contributed by atoms with Crippen LogP contribution >= 0.6 is 0 Å². The van der Waals surface area contributed by atoms with Crippen LogP contribution in [0.2, 0.25) is 0 Å². The number of carbonyl (C=O) groups is 2. The zero-order chi connectivity index (χ0) is 24.6. The van der Waals surface area contributed by atoms with Crippen LogP contribution in [0.3, 0.4) is 0 Å². The van der Waals surface area contributed by atoms with Gasteiger partial charge in [0.25, 0.3) is 0 Å². The second kappa shape index (κ2) is 12.0. The molecule has 0 saturated carbocycles. The number of fused-ring (bicyclic) bond motifs is 1. The molecule has 0 saturated heterocycles. The van der Waals surface area contributed by atoms with E-state index in [1.165, 1.54) is 4.31 Å². The third-order valence-electron chi connectivity index (χ3n) is 5.86. The SMILES string of the molecule is CCN(CC)S(=O)(=O)c1ccc2c(c1)CCCN2C(=O)CCCNC(=O)OCc1ccccc1. The summed E-state index contributed by atoms with van der Waals surface area (Å²) in [7, 11) is -3.54. The highest BCUT2D eigenvalue weighted by Crippen LogP contribution is 2.31. The molecule has 0 radical (unpaired) electrons. The van der Waals surface area contributed by atoms with Crippen molar-refractivity contribution in [1.29, 1.82) is 0 Å². The fourth-order valence-corrected chi connectivity index (χ4v) is 5.55. The molecular weight excluding hydrogens is 454 g/mol. The van der Waals surface area contributed by atoms with Gasteiger partial charge >= 0.3 is 6.09 Å². The smallest absolute Gasteiger partial charge is 0.407 e. The van der Waals surface area contributed by atoms with E-state index in [0.29, 0.717) is 32.6 Å². The Labute approximate surface area is 201 Å². The number of rotatable bonds is 10. The van der Waals surface area contributed by atoms with E-state index >= 15 is 0 Å². The molecule has 1 heterocycles. The van der Waals surface area contributed by atoms with Gasteiger partial charge in [-0.3, -0.25) is 4.79 Å². The molecule has 0 spiro atoms. The van der Waals surface area contributed by atoms with Gasteiger partial charge in [0.2, 0.25) is 15.9 Å². The number of nitrogens with zero attached hydrogens (tertiary/aromatic N) is 2. The fourth-order valence-electron chi connectivity index (χ4n) is 4.04. The molecule has 0 aromatic heterocycles. The van der Waals surface area contributed by atoms with Crippen LogP contribution in [-0.2, 0) is 32.6 Å². The van der Waals surface area contributed by atoms with Crippen LogP contribution in [0.5, 0.6) is 0 Å². The molecule has 2 amide bonds. The molecule has 8 nitrogen and oxygen atoms in total. The number of carbonyl (C=O) groups excluding carboxylic acids is 2. The maximum atomic E-state index is 12.9. The quantitative estimate of drug-likeness (QED) is 0.516. The maximum Gasteiger partial charge on any atom is 0.407 e. The highest BCUT2D eigenvalue weighted by atomic mass is 32.2. The summed E-state index contributed by atoms with van der Waals surface area (Å²) < 4.78 is 32.3. The average molecular weight is 488 g/mol. The van der Waals surface area contributed by atoms with Gasteiger partial charge in [-0.15, -0.1) is 0 Å². The summed E-state index contributed by atoms with van der Waals surface area (Å²) in [6.45, 7) is 5.59. The van der Waals surface area contributed by atoms with Crippen LogP contribution in [0.15, 0.2) is 53.4 Å². The first-order valence-corrected chi connectivity index (χ1v) is 13.2. The van der Waals surface area contributed by atoms with E-state index < -0.39 is 16.1 Å². The first-order chi connectivity index (χ1) is 16.4. The number of alkyl carbamates (subject to hydrolysis) is 1. The normalized spacial score (nSPS) is 13.4. The van der Waals surface area contributed by atoms with Gasteiger partial charge in [0.05, 0.1) is 4.90 Å². The van der Waals surface area contributed by atoms with Crippen LogP contribution < -0.4 is 10.2 Å². The molecular formula is C25H33N3O5S. The molecule has 0 fully saturated rings. The molecule has 34 heavy (non-hydrogen) atoms. The molecule has 0 atom stereocenters. The number of benzene rings is 2. The summed E-state index contributed by atoms with van der Waals surface area (Å²) >= 11 is 0. The van der Waals surface area contributed by atoms with E-state index in [2.05, 4.69) is 5.32 Å². The summed E-state index contributed by atoms with van der Waals surface area (Å²) in [6, 6.07) is 14.4. The fraction of sp³-hybridized carbons (Fsp3) is 0.440. The van der Waals surface area contributed by atoms with Crippen LogP contribution in [0.1, 0.15) is 44.2 Å². The van der Waals surface area contributed by atoms with E-state index in [-0.39, 0.29) is 23.8 Å². The van der Waals surface area contributed by atoms with Crippen LogP contribution in [0.25, 0.3) is 0 Å². The largest absolute Gasteiger partial charge is 0.445 e. The Morgan fingerprint density at radius 3 is 2.53 bits per heavy atom. The van der Waals surface area contributed by atoms with Crippen molar-refractivity contribution in [2.45, 2.75) is 51.0 Å². The number of amides is 2. The molecule has 1 aliphatic rings. The molecule has 1 N–H and O–H groups in total. The minimum absolute atomic E-state index is 0.0419. The van der Waals surface area contributed by atoms with Gasteiger partial charge in [-0.05, 0) is 48.6 Å². The van der Waals surface area contributed by atoms with Crippen LogP contribution in [0, 0.1) is 0 Å². The monoisotopic (exact) mass is 487 g/mol. The number of ether oxygens (including phenoxy) is 1. The predicted octanol–water partition coefficient (Wildman–Crippen LogP) is 3.70. The number of hydrogen-bond acceptors (Lipinski definition) is 5. The standard InChI is InChI=1S/C25H33N3O5S/c1-3-27(4-2)34(31,32)22-14-15-23-21(18-22)12-9-17-28(23)24(29)13-8-16-26-25(30)33-19-20-10-6-5-7-11-20/h5-7,10-11,14-15,18H,3-4,8-9,12-13,16-17,19H2,1-2H3,(H,26,30). The summed E-state index contributed by atoms with van der Waals surface area (Å²) in [4.78, 5) is 26.7. The minimum Gasteiger partial charge on any atom is -0.445 e. The Morgan fingerprint density at radius 1 is 1.09 bits per heavy atom. The number of nitrogens with one attached hydrogen (secondary N) is 1. The van der Waals surface area contributed by atoms with E-state index in [4.69, 9.17) is 4.74 Å². The van der Waals surface area contributed by atoms with E-state index in [1.807, 2.05) is 44.2 Å². The summed E-state index contributed by atoms with van der Waals surface area (Å²) in [5, 5.41) is 2.67. The van der Waals surface area contributed by atoms with Crippen molar-refractivity contribution in [3.8, 4) is 0 Å². The summed E-state index contributed by atoms with van der Waals surface area (Å²) in [5.74, 6) is -0.0419. The zero-order valence-electron chi connectivity index (χ0n) is 19.8. The minimum atomic E-state index is -3.54. The number of sulfonamides is 1. The Balaban J connectivity index is 1.52. The Bertz CT molecular complexity index is 1080. The van der Waals surface area contributed by atoms with Gasteiger partial charge < -0.3 is 15.0 Å². The number of hydrogen-bond donors (Lipinski definition) is 1. The predicted molar refractivity (Wildman–Crippen MR) is 131 cm³/mol. The van der Waals surface area contributed by atoms with Gasteiger partial charge in [-0.25, -0.2) is 13.2 Å². The third-order valence-corrected chi connectivity index (χ3v) is 7.91. The highest BCUT2D eigenvalue weighted by molar-refractivity contribution is 7.89. The molecule has 2 aromatic rings. The van der Waals surface area contributed by atoms with Crippen LogP contribution in [0.4, 0.5) is 10.5 Å². The average Bonchev–Trinajstić information content (AvgIpc) is 2.85. The third kappa shape index (κ3) is 6.36. The zero-order valence-corrected chi connectivity index (χ0v) is 20.6. The molecule has 3 rings (SSSR count). The lowest BCUT2D eigenvalue weighted by Gasteiger charge is -2.30. The summed E-state index contributed by atoms with van der Waals surface area (Å²) in [6.07, 6.45) is 1.76. The van der Waals surface area contributed by atoms with Gasteiger partial charge in [0, 0.05) is 38.3 Å². The van der Waals surface area contributed by atoms with Gasteiger partial charge in [0.1, 0.15) is 6.61 Å². The van der Waals surface area contributed by atoms with Crippen molar-refractivity contribution in [2.24, 2.45) is 0 Å². The van der Waals surface area contributed by atoms with Gasteiger partial charge in [-0.1, -0.05) is 44.2 Å². The van der Waals surface area contributed by atoms with Crippen molar-refractivity contribution in [3.63, 3.8) is 0 Å². The molecule has 1 aliphatic heterocycles. The molecule has 184 valence electrons. The van der Waals surface area contributed by atoms with Gasteiger partial charge in [-0.2, -0.15) is 4.31 Å². The Morgan fingerprint density at radius 2 is 1.82 bits per heavy atom. The number of aryl methyl sites for hydroxylation is 1. The lowest BCUT2D eigenvalue weighted by molar-refractivity contribution is -0.118. The Kier molecular flexibility index (Phi) is 9.06. The van der Waals surface area contributed by atoms with Crippen molar-refractivity contribution in [3.05, 3.63) is 59.7 Å². The molecule has 9 heteroatoms. The first-order valence-electron chi connectivity index (χ1n) is 11.7. The number of anilines is 1. The second-order valence-electron chi connectivity index (χ2n) is 8.12. The van der Waals surface area contributed by atoms with Crippen LogP contribution in [-0.4, -0.2) is 50.9 Å². The molecule has 0 bridgehead atoms. The van der Waals surface area contributed by atoms with Crippen molar-refractivity contribution in [1.82, 2.24) is 9.62 Å². The molecule has 0 unspecified atom stereocenters. The first kappa shape index (κ1) is 25.7. The topological polar surface area (TPSA) is 96.0 Å².